The number of hydrogen-bond donors (Lipinski definition) is 2. The third-order valence-electron chi connectivity index (χ3n) is 0.607. The molecule has 0 fully saturated rings. The molecule has 0 spiro atoms. The number of rotatable bonds is 0. The second-order valence-corrected chi connectivity index (χ2v) is 1.29. The Morgan fingerprint density at radius 2 is 1.00 bits per heavy atom. The van der Waals surface area contributed by atoms with Crippen LogP contribution in [0.25, 0.3) is 0 Å². The Morgan fingerprint density at radius 3 is 1.25 bits per heavy atom. The summed E-state index contributed by atoms with van der Waals surface area (Å²) >= 11 is 0. The van der Waals surface area contributed by atoms with Gasteiger partial charge in [-0.1, -0.05) is 0 Å². The molecular weight excluding hydrogens is 108 g/mol. The van der Waals surface area contributed by atoms with Crippen LogP contribution in [0, 0.1) is 0 Å². The molecule has 0 saturated heterocycles. The third kappa shape index (κ3) is 1.04. The van der Waals surface area contributed by atoms with Crippen molar-refractivity contribution in [2.24, 2.45) is 31.9 Å². The van der Waals surface area contributed by atoms with Crippen molar-refractivity contribution in [3.05, 3.63) is 0 Å². The van der Waals surface area contributed by atoms with E-state index in [0.717, 1.165) is 0 Å². The molecule has 0 aromatic rings. The summed E-state index contributed by atoms with van der Waals surface area (Å²) in [6.07, 6.45) is -1.29. The molecule has 4 N–H and O–H groups in total. The van der Waals surface area contributed by atoms with E-state index in [1.807, 2.05) is 0 Å². The largest absolute Gasteiger partial charge is 0.288 e. The average Bonchev–Trinajstić information content (AvgIpc) is 1.77. The van der Waals surface area contributed by atoms with Gasteiger partial charge in [-0.25, -0.2) is 0 Å². The second-order valence-electron chi connectivity index (χ2n) is 1.29. The number of hydrogen-bond acceptors (Lipinski definition) is 6. The average molecular weight is 114 g/mol. The van der Waals surface area contributed by atoms with Gasteiger partial charge in [0.2, 0.25) is 12.6 Å². The minimum Gasteiger partial charge on any atom is -0.288 e. The highest BCUT2D eigenvalue weighted by molar-refractivity contribution is 4.57. The zero-order valence-corrected chi connectivity index (χ0v) is 4.10. The maximum atomic E-state index is 5.12. The van der Waals surface area contributed by atoms with Gasteiger partial charge in [-0.05, 0) is 0 Å². The Morgan fingerprint density at radius 1 is 0.750 bits per heavy atom. The highest BCUT2D eigenvalue weighted by Gasteiger charge is 2.03. The van der Waals surface area contributed by atoms with E-state index in [0.29, 0.717) is 0 Å². The Hall–Kier alpha value is -0.880. The van der Waals surface area contributed by atoms with E-state index in [1.54, 1.807) is 0 Å². The number of azo groups is 2. The monoisotopic (exact) mass is 114 g/mol. The maximum Gasteiger partial charge on any atom is 0.230 e. The van der Waals surface area contributed by atoms with Crippen LogP contribution in [0.4, 0.5) is 0 Å². The smallest absolute Gasteiger partial charge is 0.230 e. The van der Waals surface area contributed by atoms with Crippen molar-refractivity contribution in [3.8, 4) is 0 Å². The highest BCUT2D eigenvalue weighted by Crippen LogP contribution is 1.98. The standard InChI is InChI=1S/C2H6N6/c3-1-5-7-2(4)8-6-1/h1-2H,3-4H2. The van der Waals surface area contributed by atoms with Crippen LogP contribution in [0.2, 0.25) is 0 Å². The lowest BCUT2D eigenvalue weighted by Crippen LogP contribution is -2.22. The summed E-state index contributed by atoms with van der Waals surface area (Å²) in [5, 5.41) is 13.7. The summed E-state index contributed by atoms with van der Waals surface area (Å²) in [5.41, 5.74) is 10.2. The lowest BCUT2D eigenvalue weighted by Gasteiger charge is -2.03. The van der Waals surface area contributed by atoms with Gasteiger partial charge in [0, 0.05) is 0 Å². The van der Waals surface area contributed by atoms with Gasteiger partial charge in [-0.15, -0.1) is 20.5 Å². The van der Waals surface area contributed by atoms with E-state index in [9.17, 15) is 0 Å². The van der Waals surface area contributed by atoms with E-state index >= 15 is 0 Å². The van der Waals surface area contributed by atoms with Gasteiger partial charge >= 0.3 is 0 Å². The normalized spacial score (nSPS) is 35.8. The Bertz CT molecular complexity index is 98.5. The molecule has 0 aromatic carbocycles. The Kier molecular flexibility index (Phi) is 1.27. The molecule has 0 atom stereocenters. The van der Waals surface area contributed by atoms with Crippen molar-refractivity contribution >= 4 is 0 Å². The van der Waals surface area contributed by atoms with Crippen LogP contribution in [-0.2, 0) is 0 Å². The van der Waals surface area contributed by atoms with E-state index in [2.05, 4.69) is 20.5 Å². The van der Waals surface area contributed by atoms with Crippen LogP contribution >= 0.6 is 0 Å². The van der Waals surface area contributed by atoms with Crippen molar-refractivity contribution in [1.29, 1.82) is 0 Å². The van der Waals surface area contributed by atoms with Crippen molar-refractivity contribution in [2.45, 2.75) is 12.6 Å². The fraction of sp³-hybridized carbons (Fsp3) is 1.00. The van der Waals surface area contributed by atoms with Gasteiger partial charge in [-0.2, -0.15) is 0 Å². The summed E-state index contributed by atoms with van der Waals surface area (Å²) in [4.78, 5) is 0. The molecule has 0 radical (unpaired) electrons. The van der Waals surface area contributed by atoms with Gasteiger partial charge in [-0.3, -0.25) is 11.5 Å². The third-order valence-corrected chi connectivity index (χ3v) is 0.607. The summed E-state index contributed by atoms with van der Waals surface area (Å²) in [7, 11) is 0. The van der Waals surface area contributed by atoms with Gasteiger partial charge in [0.1, 0.15) is 0 Å². The molecule has 0 amide bonds. The maximum absolute atomic E-state index is 5.12. The predicted molar refractivity (Wildman–Crippen MR) is 25.7 cm³/mol. The summed E-state index contributed by atoms with van der Waals surface area (Å²) < 4.78 is 0. The molecule has 6 heteroatoms. The first-order valence-electron chi connectivity index (χ1n) is 2.10. The molecule has 0 aromatic heterocycles. The Balaban J connectivity index is 2.54. The molecule has 0 saturated carbocycles. The fourth-order valence-electron chi connectivity index (χ4n) is 0.319. The van der Waals surface area contributed by atoms with Crippen LogP contribution in [0.1, 0.15) is 0 Å². The lowest BCUT2D eigenvalue weighted by atomic mass is 10.9. The first-order valence-corrected chi connectivity index (χ1v) is 2.10. The predicted octanol–water partition coefficient (Wildman–Crippen LogP) is -0.611. The minimum absolute atomic E-state index is 0.644. The lowest BCUT2D eigenvalue weighted by molar-refractivity contribution is 0.511. The van der Waals surface area contributed by atoms with Crippen molar-refractivity contribution < 1.29 is 0 Å². The molecule has 1 heterocycles. The topological polar surface area (TPSA) is 101 Å². The van der Waals surface area contributed by atoms with Crippen molar-refractivity contribution in [3.63, 3.8) is 0 Å². The molecule has 44 valence electrons. The van der Waals surface area contributed by atoms with Crippen molar-refractivity contribution in [2.75, 3.05) is 0 Å². The van der Waals surface area contributed by atoms with Crippen molar-refractivity contribution in [1.82, 2.24) is 0 Å². The Labute approximate surface area is 45.7 Å². The first-order chi connectivity index (χ1) is 3.79. The quantitative estimate of drug-likeness (QED) is 0.438. The highest BCUT2D eigenvalue weighted by atomic mass is 15.4. The molecule has 1 aliphatic heterocycles. The summed E-state index contributed by atoms with van der Waals surface area (Å²) in [6, 6.07) is 0. The fourth-order valence-corrected chi connectivity index (χ4v) is 0.319. The van der Waals surface area contributed by atoms with E-state index in [4.69, 9.17) is 11.5 Å². The summed E-state index contributed by atoms with van der Waals surface area (Å²) in [6.45, 7) is 0. The van der Waals surface area contributed by atoms with Gasteiger partial charge < -0.3 is 0 Å². The minimum atomic E-state index is -0.644. The van der Waals surface area contributed by atoms with E-state index in [-0.39, 0.29) is 0 Å². The van der Waals surface area contributed by atoms with Crippen LogP contribution in [0.3, 0.4) is 0 Å². The molecular formula is C2H6N6. The zero-order valence-electron chi connectivity index (χ0n) is 4.10. The van der Waals surface area contributed by atoms with Crippen LogP contribution in [-0.4, -0.2) is 12.6 Å². The zero-order chi connectivity index (χ0) is 5.98. The van der Waals surface area contributed by atoms with E-state index in [1.165, 1.54) is 0 Å². The van der Waals surface area contributed by atoms with E-state index < -0.39 is 12.6 Å². The molecule has 1 aliphatic rings. The van der Waals surface area contributed by atoms with Crippen LogP contribution in [0.15, 0.2) is 20.5 Å². The van der Waals surface area contributed by atoms with Gasteiger partial charge in [0.15, 0.2) is 0 Å². The first kappa shape index (κ1) is 5.26. The van der Waals surface area contributed by atoms with Crippen LogP contribution < -0.4 is 11.5 Å². The van der Waals surface area contributed by atoms with Crippen LogP contribution in [0.5, 0.6) is 0 Å². The number of nitrogens with zero attached hydrogens (tertiary/aromatic N) is 4. The molecule has 8 heavy (non-hydrogen) atoms. The molecule has 1 rings (SSSR count). The molecule has 6 nitrogen and oxygen atoms in total. The second kappa shape index (κ2) is 1.93. The molecule has 0 aliphatic carbocycles. The van der Waals surface area contributed by atoms with Gasteiger partial charge in [0.05, 0.1) is 0 Å². The molecule has 0 unspecified atom stereocenters. The molecule has 0 bridgehead atoms. The SMILES string of the molecule is NC1N=NC(N)N=N1. The van der Waals surface area contributed by atoms with Gasteiger partial charge in [0.25, 0.3) is 0 Å². The number of nitrogens with two attached hydrogens (primary N) is 2. The summed E-state index contributed by atoms with van der Waals surface area (Å²) in [5.74, 6) is 0.